The summed E-state index contributed by atoms with van der Waals surface area (Å²) >= 11 is 0. The molecule has 0 bridgehead atoms. The standard InChI is InChI=1S/C34H49NO9/c1-7-8-9-10-23-18-26(43-31(41)16-15-30(39)40)32(25-17-22(6)11-12-24(25)20(2)3)27(19-23)44-34(42)33(21(4)5)35-28(36)13-14-29(37)38/h17-19,21,24-25,31,33,41H,2,7-16H2,1,3-6H3,(H,35,36)(H,37,38)(H,39,40)/t24?,25?,31?,33-/m0/s1. The number of allylic oxidation sites excluding steroid dienone is 3. The van der Waals surface area contributed by atoms with Crippen molar-refractivity contribution in [1.82, 2.24) is 5.32 Å². The number of hydrogen-bond donors (Lipinski definition) is 4. The van der Waals surface area contributed by atoms with Gasteiger partial charge in [0.2, 0.25) is 5.91 Å². The third-order valence-corrected chi connectivity index (χ3v) is 7.83. The van der Waals surface area contributed by atoms with Crippen LogP contribution in [0, 0.1) is 11.8 Å². The molecule has 1 aliphatic rings. The normalized spacial score (nSPS) is 17.8. The number of aryl methyl sites for hydroxylation is 1. The average molecular weight is 616 g/mol. The number of amides is 1. The number of rotatable bonds is 18. The van der Waals surface area contributed by atoms with Gasteiger partial charge < -0.3 is 30.1 Å². The van der Waals surface area contributed by atoms with E-state index >= 15 is 0 Å². The van der Waals surface area contributed by atoms with E-state index in [9.17, 15) is 24.3 Å². The summed E-state index contributed by atoms with van der Waals surface area (Å²) in [4.78, 5) is 48.3. The van der Waals surface area contributed by atoms with E-state index in [-0.39, 0.29) is 49.2 Å². The first-order valence-electron chi connectivity index (χ1n) is 15.5. The maximum Gasteiger partial charge on any atom is 0.334 e. The molecule has 0 heterocycles. The molecule has 1 aromatic rings. The summed E-state index contributed by atoms with van der Waals surface area (Å²) in [6.07, 6.45) is 4.81. The molecule has 0 spiro atoms. The number of benzene rings is 1. The van der Waals surface area contributed by atoms with Gasteiger partial charge in [-0.2, -0.15) is 0 Å². The molecule has 10 nitrogen and oxygen atoms in total. The molecule has 4 atom stereocenters. The maximum atomic E-state index is 13.7. The minimum absolute atomic E-state index is 0.0165. The number of carbonyl (C=O) groups is 4. The second kappa shape index (κ2) is 17.6. The lowest BCUT2D eigenvalue weighted by Gasteiger charge is -2.33. The Balaban J connectivity index is 2.66. The molecule has 4 N–H and O–H groups in total. The Morgan fingerprint density at radius 3 is 2.30 bits per heavy atom. The zero-order valence-electron chi connectivity index (χ0n) is 26.7. The number of esters is 1. The molecule has 0 saturated heterocycles. The molecule has 0 radical (unpaired) electrons. The summed E-state index contributed by atoms with van der Waals surface area (Å²) in [5.74, 6) is -3.61. The topological polar surface area (TPSA) is 159 Å². The van der Waals surface area contributed by atoms with Crippen LogP contribution in [0.25, 0.3) is 0 Å². The van der Waals surface area contributed by atoms with Gasteiger partial charge in [-0.3, -0.25) is 14.4 Å². The fourth-order valence-corrected chi connectivity index (χ4v) is 5.38. The maximum absolute atomic E-state index is 13.7. The van der Waals surface area contributed by atoms with Crippen LogP contribution in [0.4, 0.5) is 0 Å². The first-order valence-corrected chi connectivity index (χ1v) is 15.5. The summed E-state index contributed by atoms with van der Waals surface area (Å²) in [5.41, 5.74) is 3.44. The summed E-state index contributed by atoms with van der Waals surface area (Å²) in [7, 11) is 0. The Bertz CT molecular complexity index is 1220. The van der Waals surface area contributed by atoms with Gasteiger partial charge in [0.15, 0.2) is 6.29 Å². The van der Waals surface area contributed by atoms with Gasteiger partial charge in [-0.1, -0.05) is 57.4 Å². The molecule has 244 valence electrons. The first kappa shape index (κ1) is 36.5. The first-order chi connectivity index (χ1) is 20.7. The third kappa shape index (κ3) is 11.4. The monoisotopic (exact) mass is 615 g/mol. The van der Waals surface area contributed by atoms with E-state index in [1.807, 2.05) is 19.9 Å². The zero-order valence-corrected chi connectivity index (χ0v) is 26.7. The fourth-order valence-electron chi connectivity index (χ4n) is 5.38. The van der Waals surface area contributed by atoms with Crippen molar-refractivity contribution < 1.29 is 44.0 Å². The number of carbonyl (C=O) groups excluding carboxylic acids is 2. The minimum atomic E-state index is -1.41. The molecule has 1 aromatic carbocycles. The molecule has 3 unspecified atom stereocenters. The van der Waals surface area contributed by atoms with Crippen LogP contribution < -0.4 is 14.8 Å². The van der Waals surface area contributed by atoms with E-state index in [1.54, 1.807) is 19.9 Å². The number of ether oxygens (including phenoxy) is 2. The predicted molar refractivity (Wildman–Crippen MR) is 166 cm³/mol. The number of aliphatic hydroxyl groups excluding tert-OH is 1. The van der Waals surface area contributed by atoms with Crippen LogP contribution >= 0.6 is 0 Å². The van der Waals surface area contributed by atoms with Crippen LogP contribution in [0.3, 0.4) is 0 Å². The van der Waals surface area contributed by atoms with Crippen molar-refractivity contribution in [2.75, 3.05) is 0 Å². The van der Waals surface area contributed by atoms with E-state index in [2.05, 4.69) is 24.9 Å². The predicted octanol–water partition coefficient (Wildman–Crippen LogP) is 5.91. The number of unbranched alkanes of at least 4 members (excludes halogenated alkanes) is 2. The molecular weight excluding hydrogens is 566 g/mol. The summed E-state index contributed by atoms with van der Waals surface area (Å²) < 4.78 is 12.1. The Labute approximate surface area is 260 Å². The number of aliphatic carboxylic acids is 2. The molecule has 44 heavy (non-hydrogen) atoms. The van der Waals surface area contributed by atoms with Gasteiger partial charge >= 0.3 is 17.9 Å². The molecule has 2 rings (SSSR count). The highest BCUT2D eigenvalue weighted by Gasteiger charge is 2.34. The van der Waals surface area contributed by atoms with Crippen LogP contribution in [0.15, 0.2) is 35.9 Å². The van der Waals surface area contributed by atoms with Gasteiger partial charge in [-0.25, -0.2) is 4.79 Å². The van der Waals surface area contributed by atoms with Crippen molar-refractivity contribution in [1.29, 1.82) is 0 Å². The molecular formula is C34H49NO9. The lowest BCUT2D eigenvalue weighted by atomic mass is 9.73. The van der Waals surface area contributed by atoms with E-state index in [0.29, 0.717) is 17.7 Å². The van der Waals surface area contributed by atoms with Gasteiger partial charge in [0.1, 0.15) is 17.5 Å². The Morgan fingerprint density at radius 2 is 1.70 bits per heavy atom. The molecule has 10 heteroatoms. The van der Waals surface area contributed by atoms with Gasteiger partial charge in [-0.15, -0.1) is 0 Å². The van der Waals surface area contributed by atoms with Crippen LogP contribution in [-0.4, -0.2) is 51.5 Å². The van der Waals surface area contributed by atoms with Gasteiger partial charge in [0, 0.05) is 24.3 Å². The van der Waals surface area contributed by atoms with Crippen LogP contribution in [0.2, 0.25) is 0 Å². The Hall–Kier alpha value is -3.66. The second-order valence-corrected chi connectivity index (χ2v) is 12.1. The average Bonchev–Trinajstić information content (AvgIpc) is 2.93. The molecule has 1 amide bonds. The van der Waals surface area contributed by atoms with Crippen LogP contribution in [0.5, 0.6) is 11.5 Å². The number of nitrogens with one attached hydrogen (secondary N) is 1. The van der Waals surface area contributed by atoms with Crippen molar-refractivity contribution in [3.63, 3.8) is 0 Å². The van der Waals surface area contributed by atoms with Crippen molar-refractivity contribution in [3.8, 4) is 11.5 Å². The largest absolute Gasteiger partial charge is 0.481 e. The SMILES string of the molecule is C=C(C)C1CCC(C)=CC1c1c(OC(=O)[C@@H](NC(=O)CCC(=O)O)C(C)C)cc(CCCCC)cc1OC(O)CCC(=O)O. The summed E-state index contributed by atoms with van der Waals surface area (Å²) in [6, 6.07) is 2.59. The fraction of sp³-hybridized carbons (Fsp3) is 0.588. The van der Waals surface area contributed by atoms with Crippen molar-refractivity contribution in [3.05, 3.63) is 47.1 Å². The zero-order chi connectivity index (χ0) is 33.0. The number of aliphatic hydroxyl groups is 1. The van der Waals surface area contributed by atoms with Gasteiger partial charge in [-0.05, 0) is 69.1 Å². The highest BCUT2D eigenvalue weighted by Crippen LogP contribution is 2.48. The number of carboxylic acids is 2. The Kier molecular flexibility index (Phi) is 14.6. The second-order valence-electron chi connectivity index (χ2n) is 12.1. The molecule has 0 fully saturated rings. The molecule has 0 aliphatic heterocycles. The third-order valence-electron chi connectivity index (χ3n) is 7.83. The molecule has 0 aromatic heterocycles. The van der Waals surface area contributed by atoms with Crippen molar-refractivity contribution >= 4 is 23.8 Å². The van der Waals surface area contributed by atoms with E-state index in [4.69, 9.17) is 19.7 Å². The smallest absolute Gasteiger partial charge is 0.334 e. The van der Waals surface area contributed by atoms with Gasteiger partial charge in [0.05, 0.1) is 12.8 Å². The molecule has 0 saturated carbocycles. The lowest BCUT2D eigenvalue weighted by molar-refractivity contribution is -0.141. The molecule has 1 aliphatic carbocycles. The summed E-state index contributed by atoms with van der Waals surface area (Å²) in [6.45, 7) is 13.8. The van der Waals surface area contributed by atoms with E-state index < -0.39 is 36.1 Å². The van der Waals surface area contributed by atoms with Crippen LogP contribution in [-0.2, 0) is 25.6 Å². The number of hydrogen-bond acceptors (Lipinski definition) is 7. The highest BCUT2D eigenvalue weighted by molar-refractivity contribution is 5.87. The lowest BCUT2D eigenvalue weighted by Crippen LogP contribution is -2.46. The quantitative estimate of drug-likeness (QED) is 0.0518. The van der Waals surface area contributed by atoms with Crippen LogP contribution in [0.1, 0.15) is 109 Å². The van der Waals surface area contributed by atoms with Crippen molar-refractivity contribution in [2.45, 2.75) is 117 Å². The highest BCUT2D eigenvalue weighted by atomic mass is 16.6. The number of carboxylic acid groups (broad SMARTS) is 2. The minimum Gasteiger partial charge on any atom is -0.481 e. The van der Waals surface area contributed by atoms with E-state index in [1.165, 1.54) is 0 Å². The van der Waals surface area contributed by atoms with E-state index in [0.717, 1.165) is 48.8 Å². The van der Waals surface area contributed by atoms with Gasteiger partial charge in [0.25, 0.3) is 0 Å². The Morgan fingerprint density at radius 1 is 1.05 bits per heavy atom. The summed E-state index contributed by atoms with van der Waals surface area (Å²) in [5, 5.41) is 31.4. The van der Waals surface area contributed by atoms with Crippen molar-refractivity contribution in [2.24, 2.45) is 11.8 Å².